The number of aliphatic hydroxyl groups is 1. The maximum atomic E-state index is 13.0. The summed E-state index contributed by atoms with van der Waals surface area (Å²) in [7, 11) is 0. The minimum Gasteiger partial charge on any atom is -0.488 e. The second-order valence-electron chi connectivity index (χ2n) is 7.84. The van der Waals surface area contributed by atoms with E-state index in [0.29, 0.717) is 34.8 Å². The topological polar surface area (TPSA) is 81.8 Å². The van der Waals surface area contributed by atoms with Crippen molar-refractivity contribution in [1.82, 2.24) is 4.98 Å². The maximum absolute atomic E-state index is 13.0. The van der Waals surface area contributed by atoms with E-state index in [1.165, 1.54) is 17.4 Å². The van der Waals surface area contributed by atoms with Gasteiger partial charge in [-0.25, -0.2) is 0 Å². The van der Waals surface area contributed by atoms with Crippen molar-refractivity contribution in [3.63, 3.8) is 0 Å². The van der Waals surface area contributed by atoms with Crippen molar-refractivity contribution in [1.29, 1.82) is 0 Å². The third-order valence-corrected chi connectivity index (χ3v) is 5.94. The molecule has 0 bridgehead atoms. The number of ether oxygens (including phenoxy) is 2. The average molecular weight is 452 g/mol. The van der Waals surface area contributed by atoms with Crippen LogP contribution in [0.15, 0.2) is 63.4 Å². The molecule has 0 amide bonds. The predicted octanol–water partition coefficient (Wildman–Crippen LogP) is 5.58. The second kappa shape index (κ2) is 9.54. The summed E-state index contributed by atoms with van der Waals surface area (Å²) in [5.74, 6) is 1.58. The van der Waals surface area contributed by atoms with Crippen LogP contribution >= 0.6 is 11.3 Å². The zero-order valence-corrected chi connectivity index (χ0v) is 19.0. The van der Waals surface area contributed by atoms with E-state index in [1.807, 2.05) is 45.0 Å². The van der Waals surface area contributed by atoms with Crippen molar-refractivity contribution in [3.8, 4) is 11.5 Å². The van der Waals surface area contributed by atoms with Crippen molar-refractivity contribution >= 4 is 22.3 Å². The first-order valence-corrected chi connectivity index (χ1v) is 11.3. The lowest BCUT2D eigenvalue weighted by Crippen LogP contribution is -2.10. The van der Waals surface area contributed by atoms with Crippen LogP contribution < -0.4 is 14.9 Å². The Morgan fingerprint density at radius 3 is 2.69 bits per heavy atom. The summed E-state index contributed by atoms with van der Waals surface area (Å²) >= 11 is 1.51. The van der Waals surface area contributed by atoms with Gasteiger partial charge in [-0.15, -0.1) is 11.3 Å². The monoisotopic (exact) mass is 451 g/mol. The Labute approximate surface area is 190 Å². The van der Waals surface area contributed by atoms with Crippen LogP contribution in [0.2, 0.25) is 0 Å². The van der Waals surface area contributed by atoms with Gasteiger partial charge in [0.1, 0.15) is 40.9 Å². The highest BCUT2D eigenvalue weighted by Crippen LogP contribution is 2.34. The zero-order valence-electron chi connectivity index (χ0n) is 18.2. The van der Waals surface area contributed by atoms with Gasteiger partial charge in [0.25, 0.3) is 0 Å². The van der Waals surface area contributed by atoms with Crippen LogP contribution in [0.5, 0.6) is 11.5 Å². The first kappa shape index (κ1) is 22.0. The molecular weight excluding hydrogens is 426 g/mol. The minimum absolute atomic E-state index is 0.0635. The van der Waals surface area contributed by atoms with Crippen LogP contribution in [0.25, 0.3) is 11.0 Å². The Kier molecular flexibility index (Phi) is 6.58. The first-order valence-electron chi connectivity index (χ1n) is 10.4. The van der Waals surface area contributed by atoms with Crippen LogP contribution in [0.4, 0.5) is 0 Å². The predicted molar refractivity (Wildman–Crippen MR) is 124 cm³/mol. The molecule has 0 radical (unpaired) electrons. The average Bonchev–Trinajstić information content (AvgIpc) is 3.30. The van der Waals surface area contributed by atoms with Gasteiger partial charge in [-0.1, -0.05) is 38.1 Å². The maximum Gasteiger partial charge on any atom is 0.196 e. The van der Waals surface area contributed by atoms with Crippen molar-refractivity contribution in [2.45, 2.75) is 46.0 Å². The number of aromatic nitrogens is 1. The Morgan fingerprint density at radius 2 is 1.97 bits per heavy atom. The zero-order chi connectivity index (χ0) is 22.7. The highest BCUT2D eigenvalue weighted by atomic mass is 32.1. The van der Waals surface area contributed by atoms with E-state index in [-0.39, 0.29) is 18.0 Å². The molecule has 2 aromatic carbocycles. The second-order valence-corrected chi connectivity index (χ2v) is 8.81. The van der Waals surface area contributed by atoms with Crippen LogP contribution in [-0.4, -0.2) is 10.1 Å². The normalized spacial score (nSPS) is 12.3. The van der Waals surface area contributed by atoms with Crippen molar-refractivity contribution in [3.05, 3.63) is 86.2 Å². The summed E-state index contributed by atoms with van der Waals surface area (Å²) in [6.45, 7) is 6.09. The summed E-state index contributed by atoms with van der Waals surface area (Å²) in [5, 5.41) is 10.1. The minimum atomic E-state index is -0.400. The first-order chi connectivity index (χ1) is 15.5. The summed E-state index contributed by atoms with van der Waals surface area (Å²) < 4.78 is 18.3. The van der Waals surface area contributed by atoms with Crippen LogP contribution in [0, 0.1) is 0 Å². The third kappa shape index (κ3) is 4.69. The largest absolute Gasteiger partial charge is 0.488 e. The smallest absolute Gasteiger partial charge is 0.196 e. The summed E-state index contributed by atoms with van der Waals surface area (Å²) in [6.07, 6.45) is 1.36. The van der Waals surface area contributed by atoms with Gasteiger partial charge >= 0.3 is 0 Å². The molecule has 0 saturated heterocycles. The van der Waals surface area contributed by atoms with Gasteiger partial charge in [0.05, 0.1) is 17.0 Å². The van der Waals surface area contributed by atoms with Crippen molar-refractivity contribution in [2.24, 2.45) is 0 Å². The molecule has 6 nitrogen and oxygen atoms in total. The van der Waals surface area contributed by atoms with E-state index >= 15 is 0 Å². The highest BCUT2D eigenvalue weighted by Gasteiger charge is 2.19. The molecule has 0 aliphatic rings. The van der Waals surface area contributed by atoms with Gasteiger partial charge in [-0.2, -0.15) is 0 Å². The Morgan fingerprint density at radius 1 is 1.16 bits per heavy atom. The lowest BCUT2D eigenvalue weighted by atomic mass is 10.0. The number of thiazole rings is 1. The molecule has 0 spiro atoms. The fourth-order valence-electron chi connectivity index (χ4n) is 3.50. The van der Waals surface area contributed by atoms with Gasteiger partial charge in [-0.3, -0.25) is 9.78 Å². The van der Waals surface area contributed by atoms with E-state index < -0.39 is 6.10 Å². The summed E-state index contributed by atoms with van der Waals surface area (Å²) in [6, 6.07) is 12.5. The number of hydrogen-bond donors (Lipinski definition) is 1. The molecule has 4 rings (SSSR count). The fourth-order valence-corrected chi connectivity index (χ4v) is 4.01. The lowest BCUT2D eigenvalue weighted by Gasteiger charge is -2.19. The molecule has 4 aromatic rings. The van der Waals surface area contributed by atoms with Crippen LogP contribution in [0.1, 0.15) is 54.6 Å². The molecule has 0 aliphatic heterocycles. The molecule has 166 valence electrons. The number of rotatable bonds is 8. The molecule has 1 atom stereocenters. The molecule has 0 fully saturated rings. The Balaban J connectivity index is 1.76. The SMILES string of the molecule is CC(C)c1cc(=O)c2c(OC(C)c3ccccc3CO)cc(OCc3cncs3)cc2o1. The molecule has 1 unspecified atom stereocenters. The molecule has 1 N–H and O–H groups in total. The number of hydrogen-bond acceptors (Lipinski definition) is 7. The van der Waals surface area contributed by atoms with Crippen LogP contribution in [0.3, 0.4) is 0 Å². The Bertz CT molecular complexity index is 1260. The van der Waals surface area contributed by atoms with E-state index in [1.54, 1.807) is 23.8 Å². The summed E-state index contributed by atoms with van der Waals surface area (Å²) in [5.41, 5.74) is 3.63. The number of aliphatic hydroxyl groups excluding tert-OH is 1. The molecule has 7 heteroatoms. The Hall–Kier alpha value is -3.16. The van der Waals surface area contributed by atoms with Gasteiger partial charge in [-0.05, 0) is 18.1 Å². The van der Waals surface area contributed by atoms with Gasteiger partial charge in [0.2, 0.25) is 0 Å². The van der Waals surface area contributed by atoms with Gasteiger partial charge in [0.15, 0.2) is 5.43 Å². The van der Waals surface area contributed by atoms with Crippen LogP contribution in [-0.2, 0) is 13.2 Å². The van der Waals surface area contributed by atoms with E-state index in [2.05, 4.69) is 4.98 Å². The molecular formula is C25H25NO5S. The lowest BCUT2D eigenvalue weighted by molar-refractivity contribution is 0.219. The van der Waals surface area contributed by atoms with E-state index in [4.69, 9.17) is 13.9 Å². The fraction of sp³-hybridized carbons (Fsp3) is 0.280. The van der Waals surface area contributed by atoms with E-state index in [0.717, 1.165) is 16.0 Å². The van der Waals surface area contributed by atoms with Crippen molar-refractivity contribution < 1.29 is 19.0 Å². The highest BCUT2D eigenvalue weighted by molar-refractivity contribution is 7.09. The molecule has 0 saturated carbocycles. The summed E-state index contributed by atoms with van der Waals surface area (Å²) in [4.78, 5) is 18.0. The molecule has 0 aliphatic carbocycles. The van der Waals surface area contributed by atoms with Crippen molar-refractivity contribution in [2.75, 3.05) is 0 Å². The quantitative estimate of drug-likeness (QED) is 0.376. The van der Waals surface area contributed by atoms with Gasteiger partial charge in [0, 0.05) is 30.3 Å². The van der Waals surface area contributed by atoms with Gasteiger partial charge < -0.3 is 19.0 Å². The molecule has 2 aromatic heterocycles. The standard InChI is InChI=1S/C25H25NO5S/c1-15(2)22-10-21(28)25-23(30-16(3)20-7-5-4-6-17(20)12-27)8-18(9-24(25)31-22)29-13-19-11-26-14-32-19/h4-11,14-16,27H,12-13H2,1-3H3. The molecule has 32 heavy (non-hydrogen) atoms. The third-order valence-electron chi connectivity index (χ3n) is 5.19. The number of benzene rings is 2. The molecule has 2 heterocycles. The number of fused-ring (bicyclic) bond motifs is 1. The van der Waals surface area contributed by atoms with E-state index in [9.17, 15) is 9.90 Å². The number of nitrogens with zero attached hydrogens (tertiary/aromatic N) is 1.